The molecular formula is C25H34N4O7S. The minimum Gasteiger partial charge on any atom is -0.495 e. The molecule has 12 heteroatoms. The van der Waals surface area contributed by atoms with Crippen LogP contribution in [-0.2, 0) is 26.0 Å². The number of carbonyl (C=O) groups excluding carboxylic acids is 2. The third-order valence-corrected chi connectivity index (χ3v) is 7.10. The van der Waals surface area contributed by atoms with Crippen LogP contribution >= 0.6 is 0 Å². The number of anilines is 1. The number of hydrogen-bond acceptors (Lipinski definition) is 7. The molecule has 0 bridgehead atoms. The highest BCUT2D eigenvalue weighted by molar-refractivity contribution is 7.92. The molecule has 0 radical (unpaired) electrons. The molecule has 11 nitrogen and oxygen atoms in total. The Morgan fingerprint density at radius 2 is 1.78 bits per heavy atom. The third-order valence-electron chi connectivity index (χ3n) is 5.97. The van der Waals surface area contributed by atoms with Gasteiger partial charge in [-0.3, -0.25) is 24.0 Å². The number of amides is 2. The number of benzene rings is 2. The van der Waals surface area contributed by atoms with E-state index >= 15 is 0 Å². The molecule has 0 saturated carbocycles. The van der Waals surface area contributed by atoms with E-state index in [9.17, 15) is 28.1 Å². The number of carbonyl (C=O) groups is 2. The predicted octanol–water partition coefficient (Wildman–Crippen LogP) is 2.74. The monoisotopic (exact) mass is 534 g/mol. The molecular weight excluding hydrogens is 500 g/mol. The van der Waals surface area contributed by atoms with Gasteiger partial charge in [-0.05, 0) is 38.3 Å². The van der Waals surface area contributed by atoms with E-state index in [0.29, 0.717) is 12.8 Å². The summed E-state index contributed by atoms with van der Waals surface area (Å²) in [7, 11) is -2.78. The molecule has 202 valence electrons. The Morgan fingerprint density at radius 3 is 2.32 bits per heavy atom. The number of nitro groups is 1. The van der Waals surface area contributed by atoms with Crippen molar-refractivity contribution in [3.63, 3.8) is 0 Å². The zero-order valence-corrected chi connectivity index (χ0v) is 22.5. The summed E-state index contributed by atoms with van der Waals surface area (Å²) < 4.78 is 31.5. The summed E-state index contributed by atoms with van der Waals surface area (Å²) >= 11 is 0. The van der Waals surface area contributed by atoms with Gasteiger partial charge in [0, 0.05) is 24.7 Å². The fourth-order valence-corrected chi connectivity index (χ4v) is 4.46. The molecule has 0 aliphatic carbocycles. The van der Waals surface area contributed by atoms with Gasteiger partial charge in [-0.2, -0.15) is 0 Å². The van der Waals surface area contributed by atoms with Gasteiger partial charge in [0.05, 0.1) is 18.3 Å². The third kappa shape index (κ3) is 8.17. The number of nitro benzene ring substituents is 1. The fourth-order valence-electron chi connectivity index (χ4n) is 3.62. The van der Waals surface area contributed by atoms with Crippen LogP contribution < -0.4 is 14.4 Å². The van der Waals surface area contributed by atoms with Crippen molar-refractivity contribution in [3.05, 3.63) is 64.2 Å². The Balaban J connectivity index is 2.44. The number of methoxy groups -OCH3 is 1. The molecule has 2 atom stereocenters. The highest BCUT2D eigenvalue weighted by Gasteiger charge is 2.32. The zero-order chi connectivity index (χ0) is 27.8. The number of hydrogen-bond donors (Lipinski definition) is 1. The van der Waals surface area contributed by atoms with E-state index in [1.165, 1.54) is 24.1 Å². The molecule has 0 fully saturated rings. The Bertz CT molecular complexity index is 1200. The summed E-state index contributed by atoms with van der Waals surface area (Å²) in [5.74, 6) is -0.960. The first-order valence-corrected chi connectivity index (χ1v) is 13.7. The maximum Gasteiger partial charge on any atom is 0.271 e. The van der Waals surface area contributed by atoms with E-state index in [2.05, 4.69) is 5.32 Å². The maximum absolute atomic E-state index is 13.6. The molecule has 2 aromatic carbocycles. The number of nitrogens with one attached hydrogen (secondary N) is 1. The number of rotatable bonds is 13. The summed E-state index contributed by atoms with van der Waals surface area (Å²) in [6.45, 7) is 4.83. The average molecular weight is 535 g/mol. The van der Waals surface area contributed by atoms with Crippen molar-refractivity contribution < 1.29 is 27.7 Å². The van der Waals surface area contributed by atoms with Crippen LogP contribution in [0.3, 0.4) is 0 Å². The van der Waals surface area contributed by atoms with Crippen molar-refractivity contribution in [1.82, 2.24) is 10.2 Å². The van der Waals surface area contributed by atoms with Gasteiger partial charge in [0.2, 0.25) is 21.8 Å². The smallest absolute Gasteiger partial charge is 0.271 e. The Labute approximate surface area is 217 Å². The fraction of sp³-hybridized carbons (Fsp3) is 0.440. The van der Waals surface area contributed by atoms with Gasteiger partial charge in [0.1, 0.15) is 24.0 Å². The molecule has 0 aliphatic heterocycles. The van der Waals surface area contributed by atoms with Crippen LogP contribution in [0, 0.1) is 10.1 Å². The van der Waals surface area contributed by atoms with Crippen molar-refractivity contribution in [1.29, 1.82) is 0 Å². The first-order valence-electron chi connectivity index (χ1n) is 11.8. The summed E-state index contributed by atoms with van der Waals surface area (Å²) in [5, 5.41) is 14.2. The van der Waals surface area contributed by atoms with Crippen LogP contribution in [-0.4, -0.2) is 68.6 Å². The van der Waals surface area contributed by atoms with Crippen LogP contribution in [0.1, 0.15) is 32.8 Å². The van der Waals surface area contributed by atoms with E-state index in [4.69, 9.17) is 4.74 Å². The van der Waals surface area contributed by atoms with Gasteiger partial charge in [-0.25, -0.2) is 8.42 Å². The van der Waals surface area contributed by atoms with Crippen molar-refractivity contribution in [2.45, 2.75) is 45.7 Å². The second-order valence-corrected chi connectivity index (χ2v) is 10.6. The van der Waals surface area contributed by atoms with E-state index in [1.807, 2.05) is 44.2 Å². The second-order valence-electron chi connectivity index (χ2n) is 8.70. The van der Waals surface area contributed by atoms with Crippen molar-refractivity contribution in [2.24, 2.45) is 0 Å². The summed E-state index contributed by atoms with van der Waals surface area (Å²) in [5.41, 5.74) is 0.432. The lowest BCUT2D eigenvalue weighted by Gasteiger charge is -2.32. The zero-order valence-electron chi connectivity index (χ0n) is 21.7. The molecule has 2 amide bonds. The molecule has 0 saturated heterocycles. The van der Waals surface area contributed by atoms with Crippen LogP contribution in [0.2, 0.25) is 0 Å². The first kappa shape index (κ1) is 29.6. The number of non-ortho nitro benzene ring substituents is 1. The van der Waals surface area contributed by atoms with Gasteiger partial charge in [-0.15, -0.1) is 0 Å². The normalized spacial score (nSPS) is 12.8. The second kappa shape index (κ2) is 13.0. The molecule has 0 aromatic heterocycles. The average Bonchev–Trinajstić information content (AvgIpc) is 2.86. The molecule has 2 rings (SSSR count). The van der Waals surface area contributed by atoms with E-state index in [1.54, 1.807) is 6.92 Å². The summed E-state index contributed by atoms with van der Waals surface area (Å²) in [4.78, 5) is 38.5. The Hall–Kier alpha value is -3.67. The van der Waals surface area contributed by atoms with Crippen molar-refractivity contribution >= 4 is 33.2 Å². The molecule has 2 aromatic rings. The molecule has 0 aliphatic rings. The van der Waals surface area contributed by atoms with Gasteiger partial charge >= 0.3 is 0 Å². The van der Waals surface area contributed by atoms with Gasteiger partial charge in [-0.1, -0.05) is 37.3 Å². The quantitative estimate of drug-likeness (QED) is 0.308. The SMILES string of the molecule is CC[C@@H](C)NC(=O)[C@@H](C)N(CCc1ccccc1)C(=O)CN(c1cc([N+](=O)[O-])ccc1OC)S(C)(=O)=O. The molecule has 0 heterocycles. The molecule has 0 unspecified atom stereocenters. The largest absolute Gasteiger partial charge is 0.495 e. The van der Waals surface area contributed by atoms with Crippen molar-refractivity contribution in [2.75, 3.05) is 30.8 Å². The first-order chi connectivity index (χ1) is 17.4. The predicted molar refractivity (Wildman–Crippen MR) is 141 cm³/mol. The van der Waals surface area contributed by atoms with Crippen molar-refractivity contribution in [3.8, 4) is 5.75 Å². The Morgan fingerprint density at radius 1 is 1.14 bits per heavy atom. The van der Waals surface area contributed by atoms with E-state index in [-0.39, 0.29) is 35.6 Å². The number of sulfonamides is 1. The standard InChI is InChI=1S/C25H34N4O7S/c1-6-18(2)26-25(31)19(3)27(15-14-20-10-8-7-9-11-20)24(30)17-28(37(5,34)35)22-16-21(29(32)33)12-13-23(22)36-4/h7-13,16,18-19H,6,14-15,17H2,1-5H3,(H,26,31)/t18-,19-/m1/s1. The molecule has 1 N–H and O–H groups in total. The van der Waals surface area contributed by atoms with E-state index < -0.39 is 33.4 Å². The van der Waals surface area contributed by atoms with Gasteiger partial charge < -0.3 is 15.0 Å². The van der Waals surface area contributed by atoms with Gasteiger partial charge in [0.15, 0.2) is 0 Å². The lowest BCUT2D eigenvalue weighted by Crippen LogP contribution is -2.53. The van der Waals surface area contributed by atoms with Crippen LogP contribution in [0.15, 0.2) is 48.5 Å². The highest BCUT2D eigenvalue weighted by Crippen LogP contribution is 2.33. The van der Waals surface area contributed by atoms with Crippen LogP contribution in [0.4, 0.5) is 11.4 Å². The lowest BCUT2D eigenvalue weighted by molar-refractivity contribution is -0.384. The van der Waals surface area contributed by atoms with Crippen LogP contribution in [0.25, 0.3) is 0 Å². The summed E-state index contributed by atoms with van der Waals surface area (Å²) in [6.07, 6.45) is 2.03. The highest BCUT2D eigenvalue weighted by atomic mass is 32.2. The number of ether oxygens (including phenoxy) is 1. The molecule has 0 spiro atoms. The van der Waals surface area contributed by atoms with E-state index in [0.717, 1.165) is 22.2 Å². The lowest BCUT2D eigenvalue weighted by atomic mass is 10.1. The minimum absolute atomic E-state index is 0.0437. The number of nitrogens with zero attached hydrogens (tertiary/aromatic N) is 3. The maximum atomic E-state index is 13.6. The minimum atomic E-state index is -4.07. The van der Waals surface area contributed by atoms with Crippen LogP contribution in [0.5, 0.6) is 5.75 Å². The molecule has 37 heavy (non-hydrogen) atoms. The topological polar surface area (TPSA) is 139 Å². The van der Waals surface area contributed by atoms with Gasteiger partial charge in [0.25, 0.3) is 5.69 Å². The summed E-state index contributed by atoms with van der Waals surface area (Å²) in [6, 6.07) is 11.9. The Kier molecular flexibility index (Phi) is 10.4.